The zero-order chi connectivity index (χ0) is 7.23. The van der Waals surface area contributed by atoms with Gasteiger partial charge < -0.3 is 5.73 Å². The molecule has 1 rings (SSSR count). The van der Waals surface area contributed by atoms with Gasteiger partial charge in [-0.15, -0.1) is 12.4 Å². The minimum Gasteiger partial charge on any atom is -0.330 e. The van der Waals surface area contributed by atoms with Crippen LogP contribution in [0.25, 0.3) is 0 Å². The molecule has 0 aliphatic carbocycles. The van der Waals surface area contributed by atoms with Gasteiger partial charge in [0.2, 0.25) is 0 Å². The van der Waals surface area contributed by atoms with Crippen molar-refractivity contribution in [3.8, 4) is 0 Å². The summed E-state index contributed by atoms with van der Waals surface area (Å²) in [5, 5.41) is 7.91. The summed E-state index contributed by atoms with van der Waals surface area (Å²) in [6.45, 7) is 1.63. The molecule has 0 fully saturated rings. The lowest BCUT2D eigenvalue weighted by molar-refractivity contribution is 0.502. The molecule has 64 valence electrons. The van der Waals surface area contributed by atoms with Gasteiger partial charge in [0.1, 0.15) is 0 Å². The Morgan fingerprint density at radius 1 is 1.18 bits per heavy atom. The van der Waals surface area contributed by atoms with Crippen molar-refractivity contribution in [3.05, 3.63) is 12.4 Å². The molecule has 0 aliphatic heterocycles. The average Bonchev–Trinajstić information content (AvgIpc) is 2.41. The number of aryl methyl sites for hydroxylation is 1. The van der Waals surface area contributed by atoms with Crippen LogP contribution in [0, 0.1) is 0 Å². The van der Waals surface area contributed by atoms with E-state index in [1.54, 1.807) is 17.2 Å². The fraction of sp³-hybridized carbons (Fsp3) is 0.667. The minimum atomic E-state index is 0. The number of nitrogens with zero attached hydrogens (tertiary/aromatic N) is 3. The molecule has 0 aliphatic rings. The molecule has 0 radical (unpaired) electrons. The number of unbranched alkanes of at least 4 members (excludes halogenated alkanes) is 1. The largest absolute Gasteiger partial charge is 0.330 e. The number of rotatable bonds is 4. The molecule has 1 heterocycles. The maximum atomic E-state index is 5.32. The van der Waals surface area contributed by atoms with E-state index >= 15 is 0 Å². The summed E-state index contributed by atoms with van der Waals surface area (Å²) in [4.78, 5) is 1.68. The van der Waals surface area contributed by atoms with Crippen LogP contribution >= 0.6 is 12.4 Å². The van der Waals surface area contributed by atoms with Crippen LogP contribution in [0.1, 0.15) is 12.8 Å². The van der Waals surface area contributed by atoms with Crippen LogP contribution in [0.5, 0.6) is 0 Å². The van der Waals surface area contributed by atoms with Gasteiger partial charge in [0, 0.05) is 0 Å². The summed E-state index contributed by atoms with van der Waals surface area (Å²) in [6.07, 6.45) is 5.47. The van der Waals surface area contributed by atoms with E-state index in [2.05, 4.69) is 10.2 Å². The molecule has 4 nitrogen and oxygen atoms in total. The van der Waals surface area contributed by atoms with Crippen LogP contribution in [0.15, 0.2) is 12.4 Å². The molecule has 0 aromatic carbocycles. The molecular weight excluding hydrogens is 164 g/mol. The van der Waals surface area contributed by atoms with E-state index in [4.69, 9.17) is 5.73 Å². The fourth-order valence-electron chi connectivity index (χ4n) is 0.756. The molecule has 11 heavy (non-hydrogen) atoms. The Balaban J connectivity index is 0.000001000. The molecule has 0 saturated heterocycles. The highest BCUT2D eigenvalue weighted by molar-refractivity contribution is 5.85. The summed E-state index contributed by atoms with van der Waals surface area (Å²) < 4.78 is 0. The first-order valence-corrected chi connectivity index (χ1v) is 3.47. The van der Waals surface area contributed by atoms with E-state index in [0.717, 1.165) is 25.9 Å². The number of halogens is 1. The topological polar surface area (TPSA) is 56.7 Å². The van der Waals surface area contributed by atoms with Gasteiger partial charge in [0.15, 0.2) is 0 Å². The first-order chi connectivity index (χ1) is 4.93. The summed E-state index contributed by atoms with van der Waals surface area (Å²) in [5.41, 5.74) is 5.32. The molecule has 0 unspecified atom stereocenters. The zero-order valence-electron chi connectivity index (χ0n) is 6.31. The van der Waals surface area contributed by atoms with Gasteiger partial charge in [-0.25, -0.2) is 0 Å². The Labute approximate surface area is 72.2 Å². The molecule has 0 atom stereocenters. The van der Waals surface area contributed by atoms with Crippen molar-refractivity contribution in [1.82, 2.24) is 15.0 Å². The number of hydrogen-bond acceptors (Lipinski definition) is 3. The second-order valence-corrected chi connectivity index (χ2v) is 2.12. The van der Waals surface area contributed by atoms with Crippen LogP contribution in [-0.2, 0) is 6.54 Å². The third-order valence-corrected chi connectivity index (χ3v) is 1.28. The van der Waals surface area contributed by atoms with Crippen molar-refractivity contribution in [1.29, 1.82) is 0 Å². The van der Waals surface area contributed by atoms with Crippen LogP contribution < -0.4 is 5.73 Å². The van der Waals surface area contributed by atoms with Crippen molar-refractivity contribution in [2.45, 2.75) is 19.4 Å². The molecule has 0 saturated carbocycles. The first-order valence-electron chi connectivity index (χ1n) is 3.47. The Kier molecular flexibility index (Phi) is 5.78. The number of aromatic nitrogens is 3. The SMILES string of the molecule is Cl.NCCCCn1nccn1. The lowest BCUT2D eigenvalue weighted by Crippen LogP contribution is -2.05. The second-order valence-electron chi connectivity index (χ2n) is 2.12. The number of nitrogens with two attached hydrogens (primary N) is 1. The van der Waals surface area contributed by atoms with Crippen LogP contribution in [0.4, 0.5) is 0 Å². The van der Waals surface area contributed by atoms with Crippen molar-refractivity contribution in [2.75, 3.05) is 6.54 Å². The fourth-order valence-corrected chi connectivity index (χ4v) is 0.756. The lowest BCUT2D eigenvalue weighted by Gasteiger charge is -1.96. The van der Waals surface area contributed by atoms with E-state index in [1.807, 2.05) is 0 Å². The predicted molar refractivity (Wildman–Crippen MR) is 45.6 cm³/mol. The molecule has 5 heteroatoms. The predicted octanol–water partition coefficient (Wildman–Crippen LogP) is 0.439. The monoisotopic (exact) mass is 176 g/mol. The number of hydrogen-bond donors (Lipinski definition) is 1. The van der Waals surface area contributed by atoms with Crippen LogP contribution in [0.2, 0.25) is 0 Å². The van der Waals surface area contributed by atoms with Gasteiger partial charge in [-0.05, 0) is 19.4 Å². The van der Waals surface area contributed by atoms with Crippen molar-refractivity contribution in [3.63, 3.8) is 0 Å². The summed E-state index contributed by atoms with van der Waals surface area (Å²) >= 11 is 0. The van der Waals surface area contributed by atoms with Crippen molar-refractivity contribution in [2.24, 2.45) is 5.73 Å². The van der Waals surface area contributed by atoms with E-state index in [0.29, 0.717) is 0 Å². The second kappa shape index (κ2) is 6.12. The Bertz CT molecular complexity index is 163. The molecule has 1 aromatic heterocycles. The van der Waals surface area contributed by atoms with Gasteiger partial charge in [0.25, 0.3) is 0 Å². The Morgan fingerprint density at radius 2 is 1.82 bits per heavy atom. The molecule has 1 aromatic rings. The highest BCUT2D eigenvalue weighted by atomic mass is 35.5. The Morgan fingerprint density at radius 3 is 2.36 bits per heavy atom. The van der Waals surface area contributed by atoms with Gasteiger partial charge in [0.05, 0.1) is 18.9 Å². The zero-order valence-corrected chi connectivity index (χ0v) is 7.13. The molecule has 0 amide bonds. The van der Waals surface area contributed by atoms with Crippen LogP contribution in [0.3, 0.4) is 0 Å². The highest BCUT2D eigenvalue weighted by Gasteiger charge is 1.89. The molecule has 2 N–H and O–H groups in total. The Hall–Kier alpha value is -0.610. The van der Waals surface area contributed by atoms with Gasteiger partial charge in [-0.1, -0.05) is 0 Å². The van der Waals surface area contributed by atoms with Gasteiger partial charge >= 0.3 is 0 Å². The maximum Gasteiger partial charge on any atom is 0.0693 e. The highest BCUT2D eigenvalue weighted by Crippen LogP contribution is 1.88. The van der Waals surface area contributed by atoms with E-state index in [9.17, 15) is 0 Å². The summed E-state index contributed by atoms with van der Waals surface area (Å²) in [7, 11) is 0. The van der Waals surface area contributed by atoms with E-state index in [1.165, 1.54) is 0 Å². The third kappa shape index (κ3) is 3.95. The lowest BCUT2D eigenvalue weighted by atomic mass is 10.3. The normalized spacial score (nSPS) is 9.18. The van der Waals surface area contributed by atoms with Crippen molar-refractivity contribution < 1.29 is 0 Å². The van der Waals surface area contributed by atoms with Gasteiger partial charge in [-0.3, -0.25) is 0 Å². The van der Waals surface area contributed by atoms with Crippen molar-refractivity contribution >= 4 is 12.4 Å². The third-order valence-electron chi connectivity index (χ3n) is 1.28. The van der Waals surface area contributed by atoms with Gasteiger partial charge in [-0.2, -0.15) is 15.0 Å². The average molecular weight is 177 g/mol. The van der Waals surface area contributed by atoms with E-state index in [-0.39, 0.29) is 12.4 Å². The summed E-state index contributed by atoms with van der Waals surface area (Å²) in [5.74, 6) is 0. The smallest absolute Gasteiger partial charge is 0.0693 e. The molecule has 0 bridgehead atoms. The van der Waals surface area contributed by atoms with Crippen LogP contribution in [-0.4, -0.2) is 21.5 Å². The standard InChI is InChI=1S/C6H12N4.ClH/c7-3-1-2-6-10-8-4-5-9-10;/h4-5H,1-3,6-7H2;1H. The van der Waals surface area contributed by atoms with E-state index < -0.39 is 0 Å². The summed E-state index contributed by atoms with van der Waals surface area (Å²) in [6, 6.07) is 0. The quantitative estimate of drug-likeness (QED) is 0.678. The minimum absolute atomic E-state index is 0. The molecular formula is C6H13ClN4. The molecule has 0 spiro atoms. The first kappa shape index (κ1) is 10.4. The maximum absolute atomic E-state index is 5.32.